The van der Waals surface area contributed by atoms with Crippen LogP contribution in [-0.2, 0) is 19.0 Å². The summed E-state index contributed by atoms with van der Waals surface area (Å²) in [5, 5.41) is 6.26. The Kier molecular flexibility index (Phi) is 13.9. The number of ether oxygens (including phenoxy) is 4. The van der Waals surface area contributed by atoms with Crippen LogP contribution in [0.25, 0.3) is 11.0 Å². The minimum atomic E-state index is -0.921. The van der Waals surface area contributed by atoms with Gasteiger partial charge in [0.15, 0.2) is 0 Å². The Morgan fingerprint density at radius 1 is 0.870 bits per heavy atom. The third kappa shape index (κ3) is 12.8. The first kappa shape index (κ1) is 35.9. The van der Waals surface area contributed by atoms with Crippen LogP contribution in [0.2, 0.25) is 0 Å². The molecule has 0 saturated heterocycles. The Labute approximate surface area is 272 Å². The maximum atomic E-state index is 13.1. The van der Waals surface area contributed by atoms with Crippen molar-refractivity contribution in [2.45, 2.75) is 53.2 Å². The maximum absolute atomic E-state index is 13.1. The minimum absolute atomic E-state index is 0. The Bertz CT molecular complexity index is 1580. The molecule has 0 radical (unpaired) electrons. The quantitative estimate of drug-likeness (QED) is 0.128. The van der Waals surface area contributed by atoms with E-state index in [0.29, 0.717) is 43.3 Å². The van der Waals surface area contributed by atoms with Crippen molar-refractivity contribution < 1.29 is 40.2 Å². The van der Waals surface area contributed by atoms with Crippen molar-refractivity contribution in [3.63, 3.8) is 0 Å². The number of hydrogen-bond acceptors (Lipinski definition) is 9. The summed E-state index contributed by atoms with van der Waals surface area (Å²) in [6.07, 6.45) is 0.253. The van der Waals surface area contributed by atoms with Crippen LogP contribution in [0.1, 0.15) is 52.2 Å². The molecule has 252 valence electrons. The van der Waals surface area contributed by atoms with Gasteiger partial charge in [0.25, 0.3) is 5.91 Å². The molecular formula is C35H48N2O9. The molecule has 0 fully saturated rings. The molecule has 0 saturated carbocycles. The smallest absolute Gasteiger partial charge is 0.407 e. The monoisotopic (exact) mass is 640 g/mol. The molecule has 1 atom stereocenters. The molecule has 2 aromatic carbocycles. The molecule has 46 heavy (non-hydrogen) atoms. The first-order chi connectivity index (χ1) is 21.9. The molecule has 0 aliphatic carbocycles. The Morgan fingerprint density at radius 3 is 2.13 bits per heavy atom. The van der Waals surface area contributed by atoms with Crippen LogP contribution in [0.5, 0.6) is 5.75 Å². The first-order valence-corrected chi connectivity index (χ1v) is 15.1. The second-order valence-electron chi connectivity index (χ2n) is 11.5. The van der Waals surface area contributed by atoms with Gasteiger partial charge in [-0.2, -0.15) is 0 Å². The summed E-state index contributed by atoms with van der Waals surface area (Å²) in [4.78, 5) is 36.5. The zero-order valence-corrected chi connectivity index (χ0v) is 27.3. The molecule has 0 bridgehead atoms. The molecule has 1 unspecified atom stereocenters. The lowest BCUT2D eigenvalue weighted by Gasteiger charge is -2.20. The van der Waals surface area contributed by atoms with Gasteiger partial charge in [-0.05, 0) is 71.4 Å². The Morgan fingerprint density at radius 2 is 1.54 bits per heavy atom. The van der Waals surface area contributed by atoms with Gasteiger partial charge in [0.2, 0.25) is 6.10 Å². The van der Waals surface area contributed by atoms with E-state index in [1.54, 1.807) is 45.2 Å². The lowest BCUT2D eigenvalue weighted by Crippen LogP contribution is -2.35. The van der Waals surface area contributed by atoms with E-state index in [1.807, 2.05) is 57.2 Å². The highest BCUT2D eigenvalue weighted by atomic mass is 16.6. The van der Waals surface area contributed by atoms with E-state index in [-0.39, 0.29) is 21.9 Å². The van der Waals surface area contributed by atoms with Crippen LogP contribution in [-0.4, -0.2) is 57.1 Å². The van der Waals surface area contributed by atoms with Crippen molar-refractivity contribution >= 4 is 23.0 Å². The molecule has 4 rings (SSSR count). The van der Waals surface area contributed by atoms with E-state index in [4.69, 9.17) is 27.8 Å². The summed E-state index contributed by atoms with van der Waals surface area (Å²) in [6.45, 7) is 13.0. The number of fused-ring (bicyclic) bond motifs is 1. The lowest BCUT2D eigenvalue weighted by molar-refractivity contribution is -0.128. The third-order valence-electron chi connectivity index (χ3n) is 6.29. The number of carbonyl (C=O) groups is 2. The van der Waals surface area contributed by atoms with Crippen LogP contribution in [0.4, 0.5) is 4.79 Å². The SMILES string of the molecule is Cc1ccc(C(Oc2ccc3c(C)cc(=O)oc3c2)C(=O)NCCOCCOCCNC(=O)OC(C)(C)C)cc1.Cc1ccco1.[HH].[HH]. The zero-order valence-electron chi connectivity index (χ0n) is 27.3. The topological polar surface area (TPSA) is 138 Å². The van der Waals surface area contributed by atoms with Gasteiger partial charge < -0.3 is 38.4 Å². The predicted molar refractivity (Wildman–Crippen MR) is 178 cm³/mol. The van der Waals surface area contributed by atoms with Gasteiger partial charge in [-0.15, -0.1) is 0 Å². The molecule has 11 heteroatoms. The normalized spacial score (nSPS) is 11.7. The number of nitrogens with one attached hydrogen (secondary N) is 2. The maximum Gasteiger partial charge on any atom is 0.407 e. The van der Waals surface area contributed by atoms with E-state index >= 15 is 0 Å². The molecule has 2 amide bonds. The molecule has 0 aliphatic heterocycles. The number of furan rings is 1. The van der Waals surface area contributed by atoms with Crippen molar-refractivity contribution in [1.29, 1.82) is 0 Å². The molecule has 2 aromatic heterocycles. The van der Waals surface area contributed by atoms with Crippen LogP contribution < -0.4 is 21.0 Å². The van der Waals surface area contributed by atoms with Crippen molar-refractivity contribution in [1.82, 2.24) is 10.6 Å². The number of amides is 2. The molecule has 0 aliphatic rings. The van der Waals surface area contributed by atoms with Gasteiger partial charge in [-0.25, -0.2) is 9.59 Å². The fourth-order valence-electron chi connectivity index (χ4n) is 4.09. The molecule has 4 aromatic rings. The summed E-state index contributed by atoms with van der Waals surface area (Å²) >= 11 is 0. The fraction of sp³-hybridized carbons (Fsp3) is 0.400. The van der Waals surface area contributed by atoms with Crippen molar-refractivity contribution in [2.24, 2.45) is 0 Å². The number of rotatable bonds is 13. The highest BCUT2D eigenvalue weighted by Crippen LogP contribution is 2.27. The Hall–Kier alpha value is -4.61. The van der Waals surface area contributed by atoms with Gasteiger partial charge in [0.1, 0.15) is 22.7 Å². The van der Waals surface area contributed by atoms with E-state index in [9.17, 15) is 14.4 Å². The molecule has 11 nitrogen and oxygen atoms in total. The zero-order chi connectivity index (χ0) is 33.5. The fourth-order valence-corrected chi connectivity index (χ4v) is 4.09. The molecule has 2 N–H and O–H groups in total. The van der Waals surface area contributed by atoms with Crippen LogP contribution in [0.15, 0.2) is 80.6 Å². The molecular weight excluding hydrogens is 592 g/mol. The van der Waals surface area contributed by atoms with Crippen LogP contribution in [0.3, 0.4) is 0 Å². The van der Waals surface area contributed by atoms with Gasteiger partial charge in [-0.3, -0.25) is 4.79 Å². The third-order valence-corrected chi connectivity index (χ3v) is 6.29. The summed E-state index contributed by atoms with van der Waals surface area (Å²) in [5.74, 6) is 1.04. The number of carbonyl (C=O) groups excluding carboxylic acids is 2. The van der Waals surface area contributed by atoms with Gasteiger partial charge in [0, 0.05) is 39.0 Å². The second kappa shape index (κ2) is 17.8. The molecule has 2 heterocycles. The number of aryl methyl sites for hydroxylation is 3. The van der Waals surface area contributed by atoms with Crippen molar-refractivity contribution in [2.75, 3.05) is 39.5 Å². The average Bonchev–Trinajstić information content (AvgIpc) is 3.47. The summed E-state index contributed by atoms with van der Waals surface area (Å²) < 4.78 is 32.4. The van der Waals surface area contributed by atoms with E-state index in [1.165, 1.54) is 6.07 Å². The Balaban J connectivity index is 0.00000129. The molecule has 0 spiro atoms. The van der Waals surface area contributed by atoms with Crippen LogP contribution in [0, 0.1) is 20.8 Å². The van der Waals surface area contributed by atoms with Gasteiger partial charge >= 0.3 is 11.7 Å². The summed E-state index contributed by atoms with van der Waals surface area (Å²) in [7, 11) is 0. The van der Waals surface area contributed by atoms with Crippen molar-refractivity contribution in [3.8, 4) is 5.75 Å². The summed E-state index contributed by atoms with van der Waals surface area (Å²) in [5.41, 5.74) is 1.94. The number of benzene rings is 2. The van der Waals surface area contributed by atoms with Gasteiger partial charge in [-0.1, -0.05) is 29.8 Å². The number of hydrogen-bond donors (Lipinski definition) is 2. The second-order valence-corrected chi connectivity index (χ2v) is 11.5. The predicted octanol–water partition coefficient (Wildman–Crippen LogP) is 6.28. The average molecular weight is 641 g/mol. The van der Waals surface area contributed by atoms with E-state index in [2.05, 4.69) is 10.6 Å². The summed E-state index contributed by atoms with van der Waals surface area (Å²) in [6, 6.07) is 17.9. The van der Waals surface area contributed by atoms with Gasteiger partial charge in [0.05, 0.1) is 32.7 Å². The van der Waals surface area contributed by atoms with E-state index in [0.717, 1.165) is 22.3 Å². The first-order valence-electron chi connectivity index (χ1n) is 15.1. The number of alkyl carbamates (subject to hydrolysis) is 1. The van der Waals surface area contributed by atoms with Crippen LogP contribution >= 0.6 is 0 Å². The highest BCUT2D eigenvalue weighted by molar-refractivity contribution is 5.84. The standard InChI is InChI=1S/C30H38N2O8.C5H6O.2H2/c1-20-6-8-22(9-7-20)27(38-23-10-11-24-21(2)18-26(33)39-25(24)19-23)28(34)31-12-14-36-16-17-37-15-13-32-29(35)40-30(3,4)5;1-5-3-2-4-6-5;;/h6-11,18-19,27H,12-17H2,1-5H3,(H,31,34)(H,32,35);2-4H,1H3;2*1H. The van der Waals surface area contributed by atoms with E-state index < -0.39 is 23.4 Å². The largest absolute Gasteiger partial charge is 0.476 e. The van der Waals surface area contributed by atoms with Crippen molar-refractivity contribution in [3.05, 3.63) is 99.8 Å². The minimum Gasteiger partial charge on any atom is -0.476 e. The highest BCUT2D eigenvalue weighted by Gasteiger charge is 2.23. The lowest BCUT2D eigenvalue weighted by atomic mass is 10.1.